The number of pyridine rings is 1. The largest absolute Gasteiger partial charge is 0.477 e. The van der Waals surface area contributed by atoms with Crippen LogP contribution in [0.2, 0.25) is 0 Å². The topological polar surface area (TPSA) is 48.1 Å². The minimum absolute atomic E-state index is 0.617. The van der Waals surface area contributed by atoms with Gasteiger partial charge in [0.05, 0.1) is 6.61 Å². The Morgan fingerprint density at radius 2 is 2.25 bits per heavy atom. The number of ether oxygens (including phenoxy) is 1. The molecule has 1 fully saturated rings. The Kier molecular flexibility index (Phi) is 3.78. The van der Waals surface area contributed by atoms with E-state index >= 15 is 0 Å². The van der Waals surface area contributed by atoms with Crippen LogP contribution in [0.25, 0.3) is 0 Å². The van der Waals surface area contributed by atoms with Crippen molar-refractivity contribution in [3.05, 3.63) is 23.9 Å². The Hall–Kier alpha value is -1.09. The van der Waals surface area contributed by atoms with Gasteiger partial charge in [0.25, 0.3) is 0 Å². The van der Waals surface area contributed by atoms with E-state index in [0.717, 1.165) is 24.6 Å². The van der Waals surface area contributed by atoms with E-state index in [1.165, 1.54) is 19.3 Å². The zero-order chi connectivity index (χ0) is 11.4. The number of rotatable bonds is 4. The number of aryl methyl sites for hydroxylation is 1. The van der Waals surface area contributed by atoms with Crippen molar-refractivity contribution in [3.8, 4) is 5.88 Å². The first-order valence-electron chi connectivity index (χ1n) is 6.05. The highest BCUT2D eigenvalue weighted by Crippen LogP contribution is 2.31. The molecule has 3 heteroatoms. The van der Waals surface area contributed by atoms with E-state index in [-0.39, 0.29) is 0 Å². The fourth-order valence-electron chi connectivity index (χ4n) is 2.45. The smallest absolute Gasteiger partial charge is 0.216 e. The minimum Gasteiger partial charge on any atom is -0.477 e. The van der Waals surface area contributed by atoms with E-state index in [4.69, 9.17) is 10.5 Å². The van der Waals surface area contributed by atoms with E-state index in [9.17, 15) is 0 Å². The first kappa shape index (κ1) is 11.4. The van der Waals surface area contributed by atoms with Gasteiger partial charge < -0.3 is 10.5 Å². The molecule has 3 nitrogen and oxygen atoms in total. The van der Waals surface area contributed by atoms with Gasteiger partial charge >= 0.3 is 0 Å². The lowest BCUT2D eigenvalue weighted by Gasteiger charge is -2.18. The van der Waals surface area contributed by atoms with Gasteiger partial charge in [0.2, 0.25) is 5.88 Å². The van der Waals surface area contributed by atoms with E-state index < -0.39 is 0 Å². The van der Waals surface area contributed by atoms with Crippen LogP contribution in [0.3, 0.4) is 0 Å². The van der Waals surface area contributed by atoms with Gasteiger partial charge in [0.15, 0.2) is 0 Å². The number of hydrogen-bond donors (Lipinski definition) is 1. The molecule has 1 heterocycles. The summed E-state index contributed by atoms with van der Waals surface area (Å²) in [5.41, 5.74) is 6.85. The Labute approximate surface area is 97.0 Å². The quantitative estimate of drug-likeness (QED) is 0.845. The van der Waals surface area contributed by atoms with Gasteiger partial charge in [-0.25, -0.2) is 4.98 Å². The summed E-state index contributed by atoms with van der Waals surface area (Å²) in [7, 11) is 0. The van der Waals surface area contributed by atoms with Gasteiger partial charge in [-0.2, -0.15) is 0 Å². The molecular weight excluding hydrogens is 200 g/mol. The van der Waals surface area contributed by atoms with Crippen molar-refractivity contribution in [1.82, 2.24) is 4.98 Å². The Balaban J connectivity index is 1.90. The molecule has 0 aromatic carbocycles. The molecule has 0 saturated heterocycles. The van der Waals surface area contributed by atoms with E-state index in [1.807, 2.05) is 19.1 Å². The molecule has 88 valence electrons. The van der Waals surface area contributed by atoms with Crippen LogP contribution < -0.4 is 10.5 Å². The number of nitrogens with two attached hydrogens (primary N) is 1. The first-order chi connectivity index (χ1) is 7.81. The predicted octanol–water partition coefficient (Wildman–Crippen LogP) is 2.14. The second kappa shape index (κ2) is 5.30. The standard InChI is InChI=1S/C13H20N2O/c1-10-4-3-7-15-13(10)16-9-12-6-2-5-11(12)8-14/h3-4,7,11-12H,2,5-6,8-9,14H2,1H3. The molecule has 1 aromatic heterocycles. The highest BCUT2D eigenvalue weighted by Gasteiger charge is 2.26. The third kappa shape index (κ3) is 2.53. The fourth-order valence-corrected chi connectivity index (χ4v) is 2.45. The third-order valence-corrected chi connectivity index (χ3v) is 3.51. The second-order valence-electron chi connectivity index (χ2n) is 4.62. The normalized spacial score (nSPS) is 24.6. The van der Waals surface area contributed by atoms with Crippen LogP contribution in [0.4, 0.5) is 0 Å². The molecule has 0 radical (unpaired) electrons. The van der Waals surface area contributed by atoms with Crippen molar-refractivity contribution in [3.63, 3.8) is 0 Å². The van der Waals surface area contributed by atoms with Gasteiger partial charge in [-0.1, -0.05) is 12.5 Å². The molecule has 2 unspecified atom stereocenters. The van der Waals surface area contributed by atoms with E-state index in [1.54, 1.807) is 6.20 Å². The first-order valence-corrected chi connectivity index (χ1v) is 6.05. The lowest BCUT2D eigenvalue weighted by Crippen LogP contribution is -2.23. The maximum absolute atomic E-state index is 5.79. The van der Waals surface area contributed by atoms with Gasteiger partial charge in [-0.3, -0.25) is 0 Å². The van der Waals surface area contributed by atoms with Crippen molar-refractivity contribution in [1.29, 1.82) is 0 Å². The van der Waals surface area contributed by atoms with E-state index in [2.05, 4.69) is 4.98 Å². The molecule has 0 bridgehead atoms. The van der Waals surface area contributed by atoms with Crippen molar-refractivity contribution >= 4 is 0 Å². The molecular formula is C13H20N2O. The molecule has 1 aliphatic carbocycles. The zero-order valence-electron chi connectivity index (χ0n) is 9.86. The highest BCUT2D eigenvalue weighted by molar-refractivity contribution is 5.23. The number of aromatic nitrogens is 1. The van der Waals surface area contributed by atoms with Gasteiger partial charge in [0.1, 0.15) is 0 Å². The molecule has 1 aliphatic rings. The van der Waals surface area contributed by atoms with Crippen LogP contribution in [-0.2, 0) is 0 Å². The van der Waals surface area contributed by atoms with Crippen LogP contribution in [0.1, 0.15) is 24.8 Å². The zero-order valence-corrected chi connectivity index (χ0v) is 9.86. The van der Waals surface area contributed by atoms with Crippen molar-refractivity contribution in [2.24, 2.45) is 17.6 Å². The summed E-state index contributed by atoms with van der Waals surface area (Å²) < 4.78 is 5.79. The van der Waals surface area contributed by atoms with Crippen molar-refractivity contribution < 1.29 is 4.74 Å². The minimum atomic E-state index is 0.617. The SMILES string of the molecule is Cc1cccnc1OCC1CCCC1CN. The summed E-state index contributed by atoms with van der Waals surface area (Å²) in [6, 6.07) is 3.96. The third-order valence-electron chi connectivity index (χ3n) is 3.51. The summed E-state index contributed by atoms with van der Waals surface area (Å²) in [5, 5.41) is 0. The average Bonchev–Trinajstić information content (AvgIpc) is 2.75. The van der Waals surface area contributed by atoms with Gasteiger partial charge in [0, 0.05) is 11.8 Å². The number of hydrogen-bond acceptors (Lipinski definition) is 3. The highest BCUT2D eigenvalue weighted by atomic mass is 16.5. The molecule has 1 saturated carbocycles. The summed E-state index contributed by atoms with van der Waals surface area (Å²) in [5.74, 6) is 2.03. The summed E-state index contributed by atoms with van der Waals surface area (Å²) in [6.45, 7) is 3.58. The Bertz CT molecular complexity index is 340. The van der Waals surface area contributed by atoms with Crippen molar-refractivity contribution in [2.75, 3.05) is 13.2 Å². The Morgan fingerprint density at radius 3 is 3.00 bits per heavy atom. The second-order valence-corrected chi connectivity index (χ2v) is 4.62. The van der Waals surface area contributed by atoms with Crippen molar-refractivity contribution in [2.45, 2.75) is 26.2 Å². The van der Waals surface area contributed by atoms with Crippen LogP contribution in [-0.4, -0.2) is 18.1 Å². The predicted molar refractivity (Wildman–Crippen MR) is 64.4 cm³/mol. The lowest BCUT2D eigenvalue weighted by molar-refractivity contribution is 0.209. The van der Waals surface area contributed by atoms with Gasteiger partial charge in [-0.15, -0.1) is 0 Å². The maximum Gasteiger partial charge on any atom is 0.216 e. The van der Waals surface area contributed by atoms with Crippen LogP contribution in [0, 0.1) is 18.8 Å². The molecule has 16 heavy (non-hydrogen) atoms. The van der Waals surface area contributed by atoms with Gasteiger partial charge in [-0.05, 0) is 44.2 Å². The summed E-state index contributed by atoms with van der Waals surface area (Å²) in [4.78, 5) is 4.24. The molecule has 2 N–H and O–H groups in total. The summed E-state index contributed by atoms with van der Waals surface area (Å²) in [6.07, 6.45) is 5.56. The number of nitrogens with zero attached hydrogens (tertiary/aromatic N) is 1. The van der Waals surface area contributed by atoms with Crippen LogP contribution in [0.5, 0.6) is 5.88 Å². The molecule has 2 atom stereocenters. The lowest BCUT2D eigenvalue weighted by atomic mass is 9.97. The molecule has 1 aromatic rings. The molecule has 2 rings (SSSR count). The van der Waals surface area contributed by atoms with Crippen LogP contribution >= 0.6 is 0 Å². The monoisotopic (exact) mass is 220 g/mol. The molecule has 0 spiro atoms. The average molecular weight is 220 g/mol. The maximum atomic E-state index is 5.79. The Morgan fingerprint density at radius 1 is 1.44 bits per heavy atom. The van der Waals surface area contributed by atoms with E-state index in [0.29, 0.717) is 11.8 Å². The van der Waals surface area contributed by atoms with Crippen LogP contribution in [0.15, 0.2) is 18.3 Å². The molecule has 0 amide bonds. The fraction of sp³-hybridized carbons (Fsp3) is 0.615. The molecule has 0 aliphatic heterocycles. The summed E-state index contributed by atoms with van der Waals surface area (Å²) >= 11 is 0.